The predicted octanol–water partition coefficient (Wildman–Crippen LogP) is 2.95. The Hall–Kier alpha value is -2.36. The second kappa shape index (κ2) is 4.82. The molecule has 2 bridgehead atoms. The molecule has 1 aromatic carbocycles. The molecule has 4 unspecified atom stereocenters. The second-order valence-electron chi connectivity index (χ2n) is 6.66. The van der Waals surface area contributed by atoms with Crippen LogP contribution in [0, 0.1) is 23.7 Å². The third kappa shape index (κ3) is 1.78. The van der Waals surface area contributed by atoms with Crippen LogP contribution in [0.1, 0.15) is 13.8 Å². The first-order valence-corrected chi connectivity index (χ1v) is 7.92. The van der Waals surface area contributed by atoms with Gasteiger partial charge in [0.1, 0.15) is 5.75 Å². The van der Waals surface area contributed by atoms with Crippen LogP contribution in [0.4, 0.5) is 5.69 Å². The van der Waals surface area contributed by atoms with E-state index in [1.54, 1.807) is 25.3 Å². The van der Waals surface area contributed by atoms with Gasteiger partial charge in [0.2, 0.25) is 11.8 Å². The Labute approximate surface area is 135 Å². The van der Waals surface area contributed by atoms with Gasteiger partial charge in [0, 0.05) is 17.9 Å². The summed E-state index contributed by atoms with van der Waals surface area (Å²) in [6.45, 7) is 4.14. The van der Waals surface area contributed by atoms with Crippen LogP contribution >= 0.6 is 0 Å². The Kier molecular flexibility index (Phi) is 2.98. The SMILES string of the molecule is COc1cccc(N2C(=O)C3C4C=CC(C4=C(C)C)C3C2=O)c1. The molecule has 23 heavy (non-hydrogen) atoms. The molecule has 1 saturated heterocycles. The zero-order valence-electron chi connectivity index (χ0n) is 13.4. The standard InChI is InChI=1S/C19H19NO3/c1-10(2)15-13-7-8-14(15)17-16(13)18(21)20(19(17)22)11-5-4-6-12(9-11)23-3/h4-9,13-14,16-17H,1-3H3. The molecule has 2 amide bonds. The van der Waals surface area contributed by atoms with Crippen LogP contribution in [-0.2, 0) is 9.59 Å². The fourth-order valence-electron chi connectivity index (χ4n) is 4.43. The van der Waals surface area contributed by atoms with Crippen LogP contribution in [0.3, 0.4) is 0 Å². The molecule has 118 valence electrons. The summed E-state index contributed by atoms with van der Waals surface area (Å²) >= 11 is 0. The number of nitrogens with zero attached hydrogens (tertiary/aromatic N) is 1. The molecule has 0 radical (unpaired) electrons. The van der Waals surface area contributed by atoms with Crippen molar-refractivity contribution in [2.45, 2.75) is 13.8 Å². The highest BCUT2D eigenvalue weighted by atomic mass is 16.5. The third-order valence-electron chi connectivity index (χ3n) is 5.30. The lowest BCUT2D eigenvalue weighted by atomic mass is 9.85. The summed E-state index contributed by atoms with van der Waals surface area (Å²) in [6.07, 6.45) is 4.21. The molecule has 4 heteroatoms. The number of allylic oxidation sites excluding steroid dienone is 4. The van der Waals surface area contributed by atoms with Crippen molar-refractivity contribution in [3.8, 4) is 5.75 Å². The highest BCUT2D eigenvalue weighted by molar-refractivity contribution is 6.23. The minimum absolute atomic E-state index is 0.0798. The van der Waals surface area contributed by atoms with E-state index in [1.807, 2.05) is 6.07 Å². The van der Waals surface area contributed by atoms with E-state index in [0.717, 1.165) is 0 Å². The number of fused-ring (bicyclic) bond motifs is 5. The van der Waals surface area contributed by atoms with E-state index in [4.69, 9.17) is 4.74 Å². The van der Waals surface area contributed by atoms with Crippen LogP contribution in [0.5, 0.6) is 5.75 Å². The summed E-state index contributed by atoms with van der Waals surface area (Å²) in [5, 5.41) is 0. The van der Waals surface area contributed by atoms with E-state index in [-0.39, 0.29) is 35.5 Å². The van der Waals surface area contributed by atoms with E-state index < -0.39 is 0 Å². The molecule has 1 saturated carbocycles. The van der Waals surface area contributed by atoms with Gasteiger partial charge in [0.05, 0.1) is 24.6 Å². The average Bonchev–Trinajstić information content (AvgIpc) is 3.17. The highest BCUT2D eigenvalue weighted by Crippen LogP contribution is 2.57. The van der Waals surface area contributed by atoms with E-state index in [1.165, 1.54) is 16.0 Å². The number of rotatable bonds is 2. The molecule has 4 atom stereocenters. The smallest absolute Gasteiger partial charge is 0.238 e. The normalized spacial score (nSPS) is 31.1. The van der Waals surface area contributed by atoms with Gasteiger partial charge in [0.25, 0.3) is 0 Å². The quantitative estimate of drug-likeness (QED) is 0.623. The van der Waals surface area contributed by atoms with Gasteiger partial charge in [0.15, 0.2) is 0 Å². The minimum atomic E-state index is -0.242. The summed E-state index contributed by atoms with van der Waals surface area (Å²) in [6, 6.07) is 7.14. The van der Waals surface area contributed by atoms with Gasteiger partial charge >= 0.3 is 0 Å². The average molecular weight is 309 g/mol. The molecule has 0 aromatic heterocycles. The van der Waals surface area contributed by atoms with Crippen LogP contribution < -0.4 is 9.64 Å². The van der Waals surface area contributed by atoms with Gasteiger partial charge in [-0.1, -0.05) is 29.4 Å². The van der Waals surface area contributed by atoms with Gasteiger partial charge in [-0.2, -0.15) is 0 Å². The van der Waals surface area contributed by atoms with Crippen LogP contribution in [0.15, 0.2) is 47.6 Å². The largest absolute Gasteiger partial charge is 0.497 e. The van der Waals surface area contributed by atoms with E-state index in [2.05, 4.69) is 26.0 Å². The molecule has 2 aliphatic carbocycles. The predicted molar refractivity (Wildman–Crippen MR) is 87.0 cm³/mol. The number of amides is 2. The molecular weight excluding hydrogens is 290 g/mol. The van der Waals surface area contributed by atoms with Crippen molar-refractivity contribution in [3.05, 3.63) is 47.6 Å². The van der Waals surface area contributed by atoms with Crippen LogP contribution in [0.2, 0.25) is 0 Å². The van der Waals surface area contributed by atoms with Crippen molar-refractivity contribution < 1.29 is 14.3 Å². The van der Waals surface area contributed by atoms with Crippen LogP contribution in [0.25, 0.3) is 0 Å². The first kappa shape index (κ1) is 14.2. The number of carbonyl (C=O) groups excluding carboxylic acids is 2. The van der Waals surface area contributed by atoms with Gasteiger partial charge in [-0.05, 0) is 26.0 Å². The monoisotopic (exact) mass is 309 g/mol. The Bertz CT molecular complexity index is 739. The number of anilines is 1. The van der Waals surface area contributed by atoms with Gasteiger partial charge in [-0.15, -0.1) is 0 Å². The highest BCUT2D eigenvalue weighted by Gasteiger charge is 2.61. The maximum Gasteiger partial charge on any atom is 0.238 e. The Morgan fingerprint density at radius 2 is 1.65 bits per heavy atom. The van der Waals surface area contributed by atoms with Crippen molar-refractivity contribution >= 4 is 17.5 Å². The zero-order valence-corrected chi connectivity index (χ0v) is 13.4. The maximum absolute atomic E-state index is 13.0. The second-order valence-corrected chi connectivity index (χ2v) is 6.66. The number of hydrogen-bond acceptors (Lipinski definition) is 3. The number of ether oxygens (including phenoxy) is 1. The molecular formula is C19H19NO3. The van der Waals surface area contributed by atoms with E-state index in [9.17, 15) is 9.59 Å². The van der Waals surface area contributed by atoms with E-state index >= 15 is 0 Å². The minimum Gasteiger partial charge on any atom is -0.497 e. The van der Waals surface area contributed by atoms with Crippen molar-refractivity contribution in [2.75, 3.05) is 12.0 Å². The van der Waals surface area contributed by atoms with Crippen molar-refractivity contribution in [2.24, 2.45) is 23.7 Å². The fraction of sp³-hybridized carbons (Fsp3) is 0.368. The Balaban J connectivity index is 1.75. The lowest BCUT2D eigenvalue weighted by Gasteiger charge is -2.19. The zero-order chi connectivity index (χ0) is 16.3. The molecule has 4 nitrogen and oxygen atoms in total. The summed E-state index contributed by atoms with van der Waals surface area (Å²) in [5.74, 6) is 0.172. The lowest BCUT2D eigenvalue weighted by Crippen LogP contribution is -2.33. The molecule has 1 heterocycles. The number of imide groups is 1. The first-order chi connectivity index (χ1) is 11.0. The maximum atomic E-state index is 13.0. The molecule has 2 fully saturated rings. The third-order valence-corrected chi connectivity index (χ3v) is 5.30. The molecule has 0 N–H and O–H groups in total. The van der Waals surface area contributed by atoms with Crippen molar-refractivity contribution in [1.29, 1.82) is 0 Å². The topological polar surface area (TPSA) is 46.6 Å². The molecule has 3 aliphatic rings. The fourth-order valence-corrected chi connectivity index (χ4v) is 4.43. The van der Waals surface area contributed by atoms with Crippen molar-refractivity contribution in [3.63, 3.8) is 0 Å². The van der Waals surface area contributed by atoms with Crippen molar-refractivity contribution in [1.82, 2.24) is 0 Å². The number of hydrogen-bond donors (Lipinski definition) is 0. The summed E-state index contributed by atoms with van der Waals surface area (Å²) in [7, 11) is 1.58. The Morgan fingerprint density at radius 1 is 1.04 bits per heavy atom. The summed E-state index contributed by atoms with van der Waals surface area (Å²) < 4.78 is 5.21. The molecule has 4 rings (SSSR count). The van der Waals surface area contributed by atoms with Gasteiger partial charge in [-0.3, -0.25) is 9.59 Å². The van der Waals surface area contributed by atoms with Gasteiger partial charge in [-0.25, -0.2) is 4.90 Å². The van der Waals surface area contributed by atoms with Crippen LogP contribution in [-0.4, -0.2) is 18.9 Å². The Morgan fingerprint density at radius 3 is 2.17 bits per heavy atom. The lowest BCUT2D eigenvalue weighted by molar-refractivity contribution is -0.122. The van der Waals surface area contributed by atoms with Gasteiger partial charge < -0.3 is 4.74 Å². The number of carbonyl (C=O) groups is 2. The number of benzene rings is 1. The number of methoxy groups -OCH3 is 1. The first-order valence-electron chi connectivity index (χ1n) is 7.92. The van der Waals surface area contributed by atoms with E-state index in [0.29, 0.717) is 11.4 Å². The molecule has 1 aromatic rings. The summed E-state index contributed by atoms with van der Waals surface area (Å²) in [5.41, 5.74) is 3.10. The molecule has 1 aliphatic heterocycles. The molecule has 0 spiro atoms. The summed E-state index contributed by atoms with van der Waals surface area (Å²) in [4.78, 5) is 27.3.